The first-order chi connectivity index (χ1) is 9.11. The molecule has 0 radical (unpaired) electrons. The molecule has 2 atom stereocenters. The number of H-pyrrole nitrogens is 1. The molecular formula is C11H15FN4O3. The summed E-state index contributed by atoms with van der Waals surface area (Å²) in [7, 11) is 0. The first-order valence-electron chi connectivity index (χ1n) is 5.78. The van der Waals surface area contributed by atoms with Crippen molar-refractivity contribution in [2.24, 2.45) is 0 Å². The van der Waals surface area contributed by atoms with Gasteiger partial charge in [-0.15, -0.1) is 0 Å². The van der Waals surface area contributed by atoms with Crippen molar-refractivity contribution < 1.29 is 19.3 Å². The molecule has 3 heterocycles. The van der Waals surface area contributed by atoms with E-state index >= 15 is 0 Å². The molecule has 5 N–H and O–H groups in total. The minimum atomic E-state index is -0.808. The third kappa shape index (κ3) is 3.16. The number of nitrogens with one attached hydrogen (secondary N) is 1. The standard InChI is InChI=1S/C6H5FN4.C5H10O3/c7-6-10-4(8)3-1-2-9-5(3)11-6;6-3-5-4(7)1-2-8-5/h1-2H,(H3,8,9,10,11);4-7H,1-3H2. The highest BCUT2D eigenvalue weighted by atomic mass is 19.1. The largest absolute Gasteiger partial charge is 0.394 e. The van der Waals surface area contributed by atoms with Crippen molar-refractivity contribution in [2.45, 2.75) is 18.6 Å². The zero-order chi connectivity index (χ0) is 13.8. The van der Waals surface area contributed by atoms with Crippen LogP contribution in [-0.4, -0.2) is 50.6 Å². The highest BCUT2D eigenvalue weighted by Crippen LogP contribution is 2.14. The summed E-state index contributed by atoms with van der Waals surface area (Å²) in [6, 6.07) is 1.70. The van der Waals surface area contributed by atoms with Crippen LogP contribution < -0.4 is 5.73 Å². The Morgan fingerprint density at radius 1 is 1.53 bits per heavy atom. The number of aliphatic hydroxyl groups excluding tert-OH is 2. The molecule has 0 amide bonds. The Hall–Kier alpha value is -1.77. The van der Waals surface area contributed by atoms with E-state index in [1.807, 2.05) is 0 Å². The number of halogens is 1. The minimum absolute atomic E-state index is 0.0683. The number of nitrogens with zero attached hydrogens (tertiary/aromatic N) is 2. The first-order valence-corrected chi connectivity index (χ1v) is 5.78. The first kappa shape index (κ1) is 13.7. The van der Waals surface area contributed by atoms with Crippen LogP contribution in [-0.2, 0) is 4.74 Å². The lowest BCUT2D eigenvalue weighted by molar-refractivity contribution is 0.00406. The molecule has 0 aliphatic carbocycles. The van der Waals surface area contributed by atoms with Gasteiger partial charge in [-0.2, -0.15) is 14.4 Å². The molecule has 1 aliphatic heterocycles. The number of rotatable bonds is 1. The maximum Gasteiger partial charge on any atom is 0.312 e. The molecule has 2 aromatic rings. The maximum atomic E-state index is 12.5. The molecule has 2 unspecified atom stereocenters. The molecule has 8 heteroatoms. The van der Waals surface area contributed by atoms with Crippen LogP contribution in [0.25, 0.3) is 11.0 Å². The number of ether oxygens (including phenoxy) is 1. The van der Waals surface area contributed by atoms with Gasteiger partial charge in [0.25, 0.3) is 0 Å². The van der Waals surface area contributed by atoms with Crippen LogP contribution in [0.4, 0.5) is 10.2 Å². The van der Waals surface area contributed by atoms with E-state index in [2.05, 4.69) is 15.0 Å². The van der Waals surface area contributed by atoms with Crippen LogP contribution in [0.2, 0.25) is 0 Å². The zero-order valence-corrected chi connectivity index (χ0v) is 10.1. The second-order valence-corrected chi connectivity index (χ2v) is 4.07. The molecule has 3 rings (SSSR count). The Bertz CT molecular complexity index is 548. The van der Waals surface area contributed by atoms with Gasteiger partial charge in [0.1, 0.15) is 17.6 Å². The summed E-state index contributed by atoms with van der Waals surface area (Å²) in [6.45, 7) is 0.508. The Labute approximate surface area is 108 Å². The number of fused-ring (bicyclic) bond motifs is 1. The van der Waals surface area contributed by atoms with Gasteiger partial charge in [0.05, 0.1) is 18.1 Å². The average Bonchev–Trinajstić information content (AvgIpc) is 2.98. The van der Waals surface area contributed by atoms with Crippen molar-refractivity contribution in [2.75, 3.05) is 18.9 Å². The van der Waals surface area contributed by atoms with Gasteiger partial charge in [-0.1, -0.05) is 0 Å². The van der Waals surface area contributed by atoms with Crippen molar-refractivity contribution in [3.8, 4) is 0 Å². The van der Waals surface area contributed by atoms with Gasteiger partial charge in [-0.25, -0.2) is 0 Å². The number of hydrogen-bond donors (Lipinski definition) is 4. The molecule has 0 bridgehead atoms. The fourth-order valence-electron chi connectivity index (χ4n) is 1.75. The number of aliphatic hydroxyl groups is 2. The normalized spacial score (nSPS) is 22.3. The van der Waals surface area contributed by atoms with Gasteiger partial charge in [0, 0.05) is 12.8 Å². The fourth-order valence-corrected chi connectivity index (χ4v) is 1.75. The van der Waals surface area contributed by atoms with Gasteiger partial charge in [-0.3, -0.25) is 0 Å². The smallest absolute Gasteiger partial charge is 0.312 e. The van der Waals surface area contributed by atoms with Crippen LogP contribution in [0.3, 0.4) is 0 Å². The van der Waals surface area contributed by atoms with Gasteiger partial charge in [-0.05, 0) is 12.5 Å². The minimum Gasteiger partial charge on any atom is -0.394 e. The number of aromatic nitrogens is 3. The van der Waals surface area contributed by atoms with Crippen molar-refractivity contribution in [3.05, 3.63) is 18.3 Å². The molecule has 0 spiro atoms. The summed E-state index contributed by atoms with van der Waals surface area (Å²) in [6.07, 6.45) is 0.716. The van der Waals surface area contributed by atoms with Crippen LogP contribution in [0, 0.1) is 6.08 Å². The SMILES string of the molecule is Nc1nc(F)nc2[nH]ccc12.OCC1OCCC1O. The molecule has 0 aromatic carbocycles. The van der Waals surface area contributed by atoms with Crippen LogP contribution >= 0.6 is 0 Å². The van der Waals surface area contributed by atoms with Crippen LogP contribution in [0.15, 0.2) is 12.3 Å². The molecule has 1 fully saturated rings. The predicted octanol–water partition coefficient (Wildman–Crippen LogP) is -0.192. The van der Waals surface area contributed by atoms with E-state index in [1.54, 1.807) is 12.3 Å². The van der Waals surface area contributed by atoms with Gasteiger partial charge >= 0.3 is 6.08 Å². The lowest BCUT2D eigenvalue weighted by atomic mass is 10.2. The molecule has 104 valence electrons. The molecule has 2 aromatic heterocycles. The average molecular weight is 270 g/mol. The zero-order valence-electron chi connectivity index (χ0n) is 10.1. The summed E-state index contributed by atoms with van der Waals surface area (Å²) in [5, 5.41) is 18.0. The van der Waals surface area contributed by atoms with Gasteiger partial charge in [0.2, 0.25) is 0 Å². The predicted molar refractivity (Wildman–Crippen MR) is 65.7 cm³/mol. The number of nitrogens with two attached hydrogens (primary N) is 1. The Morgan fingerprint density at radius 3 is 2.89 bits per heavy atom. The monoisotopic (exact) mass is 270 g/mol. The Balaban J connectivity index is 0.000000148. The van der Waals surface area contributed by atoms with Crippen molar-refractivity contribution in [1.82, 2.24) is 15.0 Å². The van der Waals surface area contributed by atoms with E-state index in [0.717, 1.165) is 0 Å². The number of nitrogen functional groups attached to an aromatic ring is 1. The fraction of sp³-hybridized carbons (Fsp3) is 0.455. The van der Waals surface area contributed by atoms with Gasteiger partial charge < -0.3 is 25.7 Å². The van der Waals surface area contributed by atoms with Crippen molar-refractivity contribution in [1.29, 1.82) is 0 Å². The quantitative estimate of drug-likeness (QED) is 0.533. The Kier molecular flexibility index (Phi) is 4.25. The lowest BCUT2D eigenvalue weighted by Crippen LogP contribution is -2.24. The van der Waals surface area contributed by atoms with E-state index < -0.39 is 12.2 Å². The summed E-state index contributed by atoms with van der Waals surface area (Å²) in [5.41, 5.74) is 5.82. The van der Waals surface area contributed by atoms with Crippen molar-refractivity contribution >= 4 is 16.9 Å². The molecule has 1 saturated heterocycles. The second kappa shape index (κ2) is 5.91. The highest BCUT2D eigenvalue weighted by Gasteiger charge is 2.24. The summed E-state index contributed by atoms with van der Waals surface area (Å²) >= 11 is 0. The van der Waals surface area contributed by atoms with Crippen LogP contribution in [0.5, 0.6) is 0 Å². The molecule has 19 heavy (non-hydrogen) atoms. The van der Waals surface area contributed by atoms with Crippen LogP contribution in [0.1, 0.15) is 6.42 Å². The molecule has 1 aliphatic rings. The molecule has 7 nitrogen and oxygen atoms in total. The highest BCUT2D eigenvalue weighted by molar-refractivity contribution is 5.85. The Morgan fingerprint density at radius 2 is 2.32 bits per heavy atom. The van der Waals surface area contributed by atoms with Gasteiger partial charge in [0.15, 0.2) is 0 Å². The van der Waals surface area contributed by atoms with E-state index in [9.17, 15) is 4.39 Å². The van der Waals surface area contributed by atoms with E-state index in [1.165, 1.54) is 0 Å². The number of aromatic amines is 1. The summed E-state index contributed by atoms with van der Waals surface area (Å²) < 4.78 is 17.4. The molecule has 0 saturated carbocycles. The summed E-state index contributed by atoms with van der Waals surface area (Å²) in [5.74, 6) is 0.161. The van der Waals surface area contributed by atoms with E-state index in [0.29, 0.717) is 24.1 Å². The topological polar surface area (TPSA) is 117 Å². The van der Waals surface area contributed by atoms with E-state index in [4.69, 9.17) is 20.7 Å². The summed E-state index contributed by atoms with van der Waals surface area (Å²) in [4.78, 5) is 9.57. The van der Waals surface area contributed by atoms with E-state index in [-0.39, 0.29) is 18.5 Å². The lowest BCUT2D eigenvalue weighted by Gasteiger charge is -2.07. The molecular weight excluding hydrogens is 255 g/mol. The number of hydrogen-bond acceptors (Lipinski definition) is 6. The second-order valence-electron chi connectivity index (χ2n) is 4.07. The maximum absolute atomic E-state index is 12.5. The number of anilines is 1. The third-order valence-corrected chi connectivity index (χ3v) is 2.77. The van der Waals surface area contributed by atoms with Crippen molar-refractivity contribution in [3.63, 3.8) is 0 Å². The third-order valence-electron chi connectivity index (χ3n) is 2.77.